The summed E-state index contributed by atoms with van der Waals surface area (Å²) in [6.07, 6.45) is 0.159. The Balaban J connectivity index is 2.45. The van der Waals surface area contributed by atoms with Gasteiger partial charge in [-0.2, -0.15) is 0 Å². The minimum absolute atomic E-state index is 0.210. The van der Waals surface area contributed by atoms with Gasteiger partial charge in [-0.25, -0.2) is 4.79 Å². The highest BCUT2D eigenvalue weighted by atomic mass is 16.4. The first-order valence-electron chi connectivity index (χ1n) is 6.22. The molecule has 0 aromatic carbocycles. The van der Waals surface area contributed by atoms with Gasteiger partial charge in [0, 0.05) is 20.0 Å². The molecule has 1 saturated heterocycles. The number of nitrogens with zero attached hydrogens (tertiary/aromatic N) is 1. The second-order valence-electron chi connectivity index (χ2n) is 5.49. The summed E-state index contributed by atoms with van der Waals surface area (Å²) >= 11 is 0. The van der Waals surface area contributed by atoms with Gasteiger partial charge in [0.15, 0.2) is 0 Å². The van der Waals surface area contributed by atoms with E-state index in [1.54, 1.807) is 7.05 Å². The van der Waals surface area contributed by atoms with Crippen LogP contribution < -0.4 is 10.6 Å². The highest BCUT2D eigenvalue weighted by Gasteiger charge is 2.33. The van der Waals surface area contributed by atoms with Crippen LogP contribution in [0.5, 0.6) is 0 Å². The fourth-order valence-corrected chi connectivity index (χ4v) is 1.80. The van der Waals surface area contributed by atoms with Crippen LogP contribution in [0.3, 0.4) is 0 Å². The Labute approximate surface area is 116 Å². The number of aliphatic carboxylic acids is 1. The molecule has 20 heavy (non-hydrogen) atoms. The number of carboxylic acids is 1. The molecule has 1 fully saturated rings. The lowest BCUT2D eigenvalue weighted by Gasteiger charge is -2.18. The quantitative estimate of drug-likeness (QED) is 0.646. The van der Waals surface area contributed by atoms with Crippen molar-refractivity contribution in [2.24, 2.45) is 5.41 Å². The van der Waals surface area contributed by atoms with Crippen LogP contribution in [0.1, 0.15) is 26.7 Å². The molecule has 1 aliphatic heterocycles. The predicted molar refractivity (Wildman–Crippen MR) is 68.8 cm³/mol. The molecule has 1 unspecified atom stereocenters. The number of carboxylic acid groups (broad SMARTS) is 1. The number of carbonyl (C=O) groups excluding carboxylic acids is 3. The van der Waals surface area contributed by atoms with Gasteiger partial charge in [-0.15, -0.1) is 0 Å². The summed E-state index contributed by atoms with van der Waals surface area (Å²) in [6, 6.07) is -1.43. The molecule has 4 amide bonds. The third-order valence-corrected chi connectivity index (χ3v) is 3.17. The highest BCUT2D eigenvalue weighted by molar-refractivity contribution is 5.98. The number of hydrogen-bond donors (Lipinski definition) is 3. The number of likely N-dealkylation sites (tertiary alicyclic amines) is 1. The van der Waals surface area contributed by atoms with Crippen molar-refractivity contribution in [2.75, 3.05) is 13.6 Å². The molecule has 0 spiro atoms. The van der Waals surface area contributed by atoms with Gasteiger partial charge in [0.25, 0.3) is 0 Å². The first-order valence-corrected chi connectivity index (χ1v) is 6.22. The molecule has 112 valence electrons. The number of imide groups is 1. The molecule has 8 heteroatoms. The van der Waals surface area contributed by atoms with Gasteiger partial charge in [0.1, 0.15) is 6.04 Å². The van der Waals surface area contributed by atoms with Gasteiger partial charge in [-0.3, -0.25) is 19.7 Å². The summed E-state index contributed by atoms with van der Waals surface area (Å²) in [5.74, 6) is -2.03. The summed E-state index contributed by atoms with van der Waals surface area (Å²) < 4.78 is 0. The van der Waals surface area contributed by atoms with Gasteiger partial charge in [-0.05, 0) is 20.3 Å². The topological polar surface area (TPSA) is 116 Å². The first kappa shape index (κ1) is 15.9. The van der Waals surface area contributed by atoms with Crippen molar-refractivity contribution < 1.29 is 24.3 Å². The maximum absolute atomic E-state index is 11.6. The predicted octanol–water partition coefficient (Wildman–Crippen LogP) is -0.456. The van der Waals surface area contributed by atoms with Gasteiger partial charge in [0.2, 0.25) is 11.8 Å². The molecule has 0 bridgehead atoms. The molecule has 1 rings (SSSR count). The van der Waals surface area contributed by atoms with Crippen molar-refractivity contribution in [3.63, 3.8) is 0 Å². The van der Waals surface area contributed by atoms with Crippen molar-refractivity contribution in [2.45, 2.75) is 32.7 Å². The lowest BCUT2D eigenvalue weighted by atomic mass is 9.89. The average Bonchev–Trinajstić information content (AvgIpc) is 2.59. The van der Waals surface area contributed by atoms with Crippen LogP contribution in [-0.4, -0.2) is 53.5 Å². The molecule has 0 saturated carbocycles. The second-order valence-corrected chi connectivity index (χ2v) is 5.49. The third kappa shape index (κ3) is 3.94. The molecular weight excluding hydrogens is 266 g/mol. The van der Waals surface area contributed by atoms with Gasteiger partial charge >= 0.3 is 12.0 Å². The molecule has 1 aliphatic rings. The zero-order chi connectivity index (χ0) is 15.5. The van der Waals surface area contributed by atoms with Crippen molar-refractivity contribution in [3.8, 4) is 0 Å². The summed E-state index contributed by atoms with van der Waals surface area (Å²) in [6.45, 7) is 3.33. The summed E-state index contributed by atoms with van der Waals surface area (Å²) in [5.41, 5.74) is -1.26. The van der Waals surface area contributed by atoms with E-state index < -0.39 is 29.4 Å². The minimum atomic E-state index is -1.26. The second kappa shape index (κ2) is 5.89. The van der Waals surface area contributed by atoms with E-state index in [0.29, 0.717) is 13.0 Å². The van der Waals surface area contributed by atoms with E-state index in [2.05, 4.69) is 5.32 Å². The Morgan fingerprint density at radius 3 is 2.45 bits per heavy atom. The van der Waals surface area contributed by atoms with Crippen LogP contribution in [0.25, 0.3) is 0 Å². The van der Waals surface area contributed by atoms with E-state index in [-0.39, 0.29) is 12.3 Å². The third-order valence-electron chi connectivity index (χ3n) is 3.17. The molecule has 0 aromatic rings. The average molecular weight is 285 g/mol. The van der Waals surface area contributed by atoms with Crippen molar-refractivity contribution in [3.05, 3.63) is 0 Å². The molecule has 8 nitrogen and oxygen atoms in total. The molecule has 3 N–H and O–H groups in total. The van der Waals surface area contributed by atoms with Crippen LogP contribution in [0, 0.1) is 5.41 Å². The number of urea groups is 1. The summed E-state index contributed by atoms with van der Waals surface area (Å²) in [7, 11) is 1.63. The zero-order valence-corrected chi connectivity index (χ0v) is 11.7. The van der Waals surface area contributed by atoms with Crippen LogP contribution in [-0.2, 0) is 14.4 Å². The van der Waals surface area contributed by atoms with E-state index >= 15 is 0 Å². The van der Waals surface area contributed by atoms with Crippen molar-refractivity contribution in [1.82, 2.24) is 15.5 Å². The minimum Gasteiger partial charge on any atom is -0.481 e. The van der Waals surface area contributed by atoms with Gasteiger partial charge in [-0.1, -0.05) is 0 Å². The molecule has 0 aromatic heterocycles. The fraction of sp³-hybridized carbons (Fsp3) is 0.667. The maximum Gasteiger partial charge on any atom is 0.322 e. The van der Waals surface area contributed by atoms with E-state index in [0.717, 1.165) is 0 Å². The van der Waals surface area contributed by atoms with Crippen LogP contribution in [0.2, 0.25) is 0 Å². The molecule has 0 aliphatic carbocycles. The van der Waals surface area contributed by atoms with Gasteiger partial charge < -0.3 is 15.3 Å². The van der Waals surface area contributed by atoms with Crippen LogP contribution >= 0.6 is 0 Å². The van der Waals surface area contributed by atoms with E-state index in [1.165, 1.54) is 18.7 Å². The normalized spacial score (nSPS) is 18.9. The van der Waals surface area contributed by atoms with Crippen LogP contribution in [0.4, 0.5) is 4.79 Å². The lowest BCUT2D eigenvalue weighted by molar-refractivity contribution is -0.149. The lowest BCUT2D eigenvalue weighted by Crippen LogP contribution is -2.48. The van der Waals surface area contributed by atoms with Crippen molar-refractivity contribution in [1.29, 1.82) is 0 Å². The standard InChI is InChI=1S/C12H19N3O5/c1-12(2,10(18)19)6-8(16)14-11(20)13-7-4-5-15(3)9(7)17/h7H,4-6H2,1-3H3,(H,18,19)(H2,13,14,16,20). The Hall–Kier alpha value is -2.12. The molecule has 0 radical (unpaired) electrons. The van der Waals surface area contributed by atoms with Crippen molar-refractivity contribution >= 4 is 23.8 Å². The Morgan fingerprint density at radius 1 is 1.40 bits per heavy atom. The fourth-order valence-electron chi connectivity index (χ4n) is 1.80. The van der Waals surface area contributed by atoms with E-state index in [1.807, 2.05) is 5.32 Å². The molecule has 1 heterocycles. The number of rotatable bonds is 4. The maximum atomic E-state index is 11.6. The summed E-state index contributed by atoms with van der Waals surface area (Å²) in [4.78, 5) is 47.0. The smallest absolute Gasteiger partial charge is 0.322 e. The molecular formula is C12H19N3O5. The highest BCUT2D eigenvalue weighted by Crippen LogP contribution is 2.19. The van der Waals surface area contributed by atoms with E-state index in [4.69, 9.17) is 5.11 Å². The van der Waals surface area contributed by atoms with Gasteiger partial charge in [0.05, 0.1) is 5.41 Å². The number of likely N-dealkylation sites (N-methyl/N-ethyl adjacent to an activating group) is 1. The largest absolute Gasteiger partial charge is 0.481 e. The Bertz CT molecular complexity index is 446. The number of carbonyl (C=O) groups is 4. The molecule has 1 atom stereocenters. The number of nitrogens with one attached hydrogen (secondary N) is 2. The Kier molecular flexibility index (Phi) is 4.69. The number of hydrogen-bond acceptors (Lipinski definition) is 4. The monoisotopic (exact) mass is 285 g/mol. The number of amides is 4. The first-order chi connectivity index (χ1) is 9.13. The van der Waals surface area contributed by atoms with Crippen LogP contribution in [0.15, 0.2) is 0 Å². The summed E-state index contributed by atoms with van der Waals surface area (Å²) in [5, 5.41) is 13.3. The zero-order valence-electron chi connectivity index (χ0n) is 11.7. The SMILES string of the molecule is CN1CCC(NC(=O)NC(=O)CC(C)(C)C(=O)O)C1=O. The van der Waals surface area contributed by atoms with E-state index in [9.17, 15) is 19.2 Å². The Morgan fingerprint density at radius 2 is 2.00 bits per heavy atom.